The molecule has 1 unspecified atom stereocenters. The number of hydrogen-bond acceptors (Lipinski definition) is 2. The summed E-state index contributed by atoms with van der Waals surface area (Å²) in [5.74, 6) is -2.87. The third-order valence-electron chi connectivity index (χ3n) is 6.79. The van der Waals surface area contributed by atoms with E-state index in [1.807, 2.05) is 43.3 Å². The number of nitrogens with zero attached hydrogens (tertiary/aromatic N) is 2. The molecule has 0 saturated heterocycles. The van der Waals surface area contributed by atoms with E-state index in [9.17, 15) is 0 Å². The van der Waals surface area contributed by atoms with Gasteiger partial charge in [-0.25, -0.2) is 4.57 Å². The quantitative estimate of drug-likeness (QED) is 0.270. The van der Waals surface area contributed by atoms with Crippen LogP contribution < -0.4 is 4.57 Å². The van der Waals surface area contributed by atoms with Crippen LogP contribution in [0.3, 0.4) is 0 Å². The Morgan fingerprint density at radius 2 is 1.88 bits per heavy atom. The molecule has 3 heteroatoms. The second kappa shape index (κ2) is 6.77. The van der Waals surface area contributed by atoms with Gasteiger partial charge < -0.3 is 4.42 Å². The van der Waals surface area contributed by atoms with Crippen molar-refractivity contribution in [2.24, 2.45) is 7.05 Å². The fourth-order valence-corrected chi connectivity index (χ4v) is 5.08. The Morgan fingerprint density at radius 3 is 2.70 bits per heavy atom. The Morgan fingerprint density at radius 1 is 1.06 bits per heavy atom. The lowest BCUT2D eigenvalue weighted by atomic mass is 9.85. The minimum Gasteiger partial charge on any atom is -0.454 e. The predicted octanol–water partition coefficient (Wildman–Crippen LogP) is 7.21. The van der Waals surface area contributed by atoms with Crippen LogP contribution in [0.25, 0.3) is 44.3 Å². The maximum atomic E-state index is 8.73. The van der Waals surface area contributed by atoms with E-state index in [-0.39, 0.29) is 5.56 Å². The maximum Gasteiger partial charge on any atom is 0.216 e. The Balaban J connectivity index is 1.68. The molecule has 0 radical (unpaired) electrons. The lowest BCUT2D eigenvalue weighted by molar-refractivity contribution is -0.660. The van der Waals surface area contributed by atoms with Gasteiger partial charge in [-0.05, 0) is 35.1 Å². The standard InChI is InChI=1S/C30H29N2O/c1-17(2)19-13-14-32(6)24(15-19)25-18(3)11-12-20-22-16-31-29-26(28(22)33-27(20)25)21-9-7-8-10-23(21)30(29,4)5/h7-17H,1-6H3/q+1/i1D3,2D3,4D3,17D. The summed E-state index contributed by atoms with van der Waals surface area (Å²) in [6.07, 6.45) is 3.17. The average molecular weight is 444 g/mol. The monoisotopic (exact) mass is 443 g/mol. The van der Waals surface area contributed by atoms with E-state index in [0.717, 1.165) is 11.1 Å². The molecule has 5 aromatic rings. The van der Waals surface area contributed by atoms with Crippen LogP contribution >= 0.6 is 0 Å². The molecule has 0 amide bonds. The van der Waals surface area contributed by atoms with Crippen LogP contribution in [0.5, 0.6) is 0 Å². The summed E-state index contributed by atoms with van der Waals surface area (Å²) in [5.41, 5.74) is 3.62. The zero-order valence-electron chi connectivity index (χ0n) is 28.6. The van der Waals surface area contributed by atoms with Crippen LogP contribution in [0.1, 0.15) is 69.5 Å². The molecular weight excluding hydrogens is 404 g/mol. The van der Waals surface area contributed by atoms with Crippen LogP contribution in [-0.2, 0) is 12.5 Å². The lowest BCUT2D eigenvalue weighted by Crippen LogP contribution is -2.31. The van der Waals surface area contributed by atoms with Gasteiger partial charge in [0.15, 0.2) is 6.20 Å². The van der Waals surface area contributed by atoms with Crippen LogP contribution in [-0.4, -0.2) is 4.98 Å². The zero-order chi connectivity index (χ0) is 31.5. The summed E-state index contributed by atoms with van der Waals surface area (Å²) in [6, 6.07) is 13.9. The molecule has 3 nitrogen and oxygen atoms in total. The van der Waals surface area contributed by atoms with E-state index < -0.39 is 31.9 Å². The van der Waals surface area contributed by atoms with E-state index >= 15 is 0 Å². The van der Waals surface area contributed by atoms with E-state index in [2.05, 4.69) is 0 Å². The van der Waals surface area contributed by atoms with Gasteiger partial charge in [0.2, 0.25) is 5.69 Å². The molecule has 1 aliphatic carbocycles. The molecule has 0 spiro atoms. The topological polar surface area (TPSA) is 29.9 Å². The number of pyridine rings is 2. The molecule has 33 heavy (non-hydrogen) atoms. The van der Waals surface area contributed by atoms with Gasteiger partial charge >= 0.3 is 0 Å². The molecule has 0 saturated carbocycles. The van der Waals surface area contributed by atoms with Crippen molar-refractivity contribution in [2.75, 3.05) is 0 Å². The van der Waals surface area contributed by atoms with Gasteiger partial charge in [-0.15, -0.1) is 0 Å². The van der Waals surface area contributed by atoms with Crippen molar-refractivity contribution in [3.8, 4) is 22.4 Å². The molecule has 0 bridgehead atoms. The molecule has 0 aliphatic heterocycles. The number of aromatic nitrogens is 2. The van der Waals surface area contributed by atoms with Crippen LogP contribution in [0.4, 0.5) is 0 Å². The fourth-order valence-electron chi connectivity index (χ4n) is 5.08. The summed E-state index contributed by atoms with van der Waals surface area (Å²) in [6.45, 7) is -5.11. The highest BCUT2D eigenvalue weighted by molar-refractivity contribution is 6.14. The van der Waals surface area contributed by atoms with Gasteiger partial charge in [0, 0.05) is 53.8 Å². The molecule has 164 valence electrons. The first-order valence-electron chi connectivity index (χ1n) is 15.8. The molecule has 2 aromatic carbocycles. The second-order valence-electron chi connectivity index (χ2n) is 8.92. The Kier molecular flexibility index (Phi) is 2.49. The number of benzene rings is 2. The number of furan rings is 1. The molecule has 3 aromatic heterocycles. The normalized spacial score (nSPS) is 23.1. The first-order valence-corrected chi connectivity index (χ1v) is 10.8. The average Bonchev–Trinajstić information content (AvgIpc) is 3.41. The van der Waals surface area contributed by atoms with Crippen molar-refractivity contribution in [3.05, 3.63) is 83.3 Å². The number of fused-ring (bicyclic) bond motifs is 7. The summed E-state index contributed by atoms with van der Waals surface area (Å²) in [5, 5.41) is 1.39. The SMILES string of the molecule is [2H]C([2H])([2H])C1(C)c2ccccc2-c2c1ncc1c2oc2c(-c3cc(C([2H])(C([2H])([2H])[2H])C([2H])([2H])[2H])cc[n+]3C)c(C)ccc21. The van der Waals surface area contributed by atoms with E-state index in [0.29, 0.717) is 50.0 Å². The smallest absolute Gasteiger partial charge is 0.216 e. The van der Waals surface area contributed by atoms with Gasteiger partial charge in [-0.1, -0.05) is 63.9 Å². The minimum absolute atomic E-state index is 0.168. The summed E-state index contributed by atoms with van der Waals surface area (Å²) < 4.78 is 90.2. The molecule has 6 rings (SSSR count). The fraction of sp³-hybridized carbons (Fsp3) is 0.267. The maximum absolute atomic E-state index is 8.73. The summed E-state index contributed by atoms with van der Waals surface area (Å²) in [4.78, 5) is 4.71. The highest BCUT2D eigenvalue weighted by Gasteiger charge is 2.39. The van der Waals surface area contributed by atoms with Crippen LogP contribution in [0, 0.1) is 6.92 Å². The molecule has 1 atom stereocenters. The largest absolute Gasteiger partial charge is 0.454 e. The Labute approximate surface area is 208 Å². The number of hydrogen-bond donors (Lipinski definition) is 0. The minimum atomic E-state index is -3.13. The number of rotatable bonds is 2. The molecular formula is C30H29N2O+. The van der Waals surface area contributed by atoms with Crippen molar-refractivity contribution in [1.82, 2.24) is 4.98 Å². The third-order valence-corrected chi connectivity index (χ3v) is 6.79. The zero-order valence-corrected chi connectivity index (χ0v) is 18.6. The molecule has 3 heterocycles. The highest BCUT2D eigenvalue weighted by Crippen LogP contribution is 2.51. The first kappa shape index (κ1) is 12.1. The Hall–Kier alpha value is -3.46. The molecule has 1 aliphatic rings. The van der Waals surface area contributed by atoms with Crippen molar-refractivity contribution >= 4 is 21.9 Å². The summed E-state index contributed by atoms with van der Waals surface area (Å²) in [7, 11) is 1.74. The first-order chi connectivity index (χ1) is 19.8. The van der Waals surface area contributed by atoms with Crippen LogP contribution in [0.2, 0.25) is 0 Å². The summed E-state index contributed by atoms with van der Waals surface area (Å²) >= 11 is 0. The van der Waals surface area contributed by atoms with Crippen molar-refractivity contribution in [3.63, 3.8) is 0 Å². The van der Waals surface area contributed by atoms with Crippen molar-refractivity contribution in [1.29, 1.82) is 0 Å². The molecule has 0 fully saturated rings. The van der Waals surface area contributed by atoms with Crippen molar-refractivity contribution < 1.29 is 22.7 Å². The predicted molar refractivity (Wildman–Crippen MR) is 135 cm³/mol. The van der Waals surface area contributed by atoms with Crippen molar-refractivity contribution in [2.45, 2.75) is 45.7 Å². The third kappa shape index (κ3) is 2.68. The number of aryl methyl sites for hydroxylation is 2. The van der Waals surface area contributed by atoms with Gasteiger partial charge in [0.05, 0.1) is 11.3 Å². The second-order valence-corrected chi connectivity index (χ2v) is 8.92. The van der Waals surface area contributed by atoms with E-state index in [4.69, 9.17) is 23.1 Å². The van der Waals surface area contributed by atoms with Gasteiger partial charge in [0.1, 0.15) is 18.2 Å². The lowest BCUT2D eigenvalue weighted by Gasteiger charge is -2.19. The van der Waals surface area contributed by atoms with Gasteiger partial charge in [-0.2, -0.15) is 0 Å². The molecule has 0 N–H and O–H groups in total. The van der Waals surface area contributed by atoms with E-state index in [1.165, 1.54) is 12.1 Å². The van der Waals surface area contributed by atoms with E-state index in [1.54, 1.807) is 30.9 Å². The van der Waals surface area contributed by atoms with Crippen LogP contribution in [0.15, 0.2) is 65.3 Å². The van der Waals surface area contributed by atoms with Gasteiger partial charge in [0.25, 0.3) is 0 Å². The Bertz CT molecular complexity index is 1940. The highest BCUT2D eigenvalue weighted by atomic mass is 16.3. The van der Waals surface area contributed by atoms with Gasteiger partial charge in [-0.3, -0.25) is 4.98 Å².